The van der Waals surface area contributed by atoms with Crippen molar-refractivity contribution in [2.24, 2.45) is 0 Å². The fourth-order valence-electron chi connectivity index (χ4n) is 1.48. The predicted molar refractivity (Wildman–Crippen MR) is 60.3 cm³/mol. The minimum atomic E-state index is -1.56. The molecule has 2 unspecified atom stereocenters. The summed E-state index contributed by atoms with van der Waals surface area (Å²) in [5.41, 5.74) is -0.174. The molecule has 6 heteroatoms. The van der Waals surface area contributed by atoms with E-state index < -0.39 is 36.2 Å². The molecule has 0 saturated carbocycles. The Hall–Kier alpha value is -1.66. The van der Waals surface area contributed by atoms with Crippen LogP contribution in [-0.4, -0.2) is 34.0 Å². The molecule has 0 aliphatic heterocycles. The number of benzene rings is 1. The number of rotatable bonds is 5. The molecule has 1 rings (SSSR count). The van der Waals surface area contributed by atoms with Gasteiger partial charge in [0.15, 0.2) is 11.6 Å². The Kier molecular flexibility index (Phi) is 5.06. The molecular formula is C12H15FO5. The van der Waals surface area contributed by atoms with E-state index in [9.17, 15) is 24.5 Å². The smallest absolute Gasteiger partial charge is 0.308 e. The van der Waals surface area contributed by atoms with Crippen LogP contribution < -0.4 is 0 Å². The number of hydrogen-bond acceptors (Lipinski definition) is 5. The van der Waals surface area contributed by atoms with E-state index in [-0.39, 0.29) is 12.2 Å². The summed E-state index contributed by atoms with van der Waals surface area (Å²) in [6.45, 7) is 1.77. The van der Waals surface area contributed by atoms with Gasteiger partial charge < -0.3 is 20.1 Å². The van der Waals surface area contributed by atoms with E-state index in [0.29, 0.717) is 0 Å². The number of carbonyl (C=O) groups is 1. The van der Waals surface area contributed by atoms with Gasteiger partial charge in [-0.1, -0.05) is 12.1 Å². The van der Waals surface area contributed by atoms with Crippen molar-refractivity contribution in [1.82, 2.24) is 0 Å². The van der Waals surface area contributed by atoms with Crippen LogP contribution in [0.4, 0.5) is 4.39 Å². The van der Waals surface area contributed by atoms with E-state index in [1.54, 1.807) is 6.92 Å². The number of aliphatic hydroxyl groups is 2. The van der Waals surface area contributed by atoms with E-state index in [2.05, 4.69) is 4.74 Å². The summed E-state index contributed by atoms with van der Waals surface area (Å²) >= 11 is 0. The van der Waals surface area contributed by atoms with E-state index in [1.807, 2.05) is 0 Å². The van der Waals surface area contributed by atoms with Crippen molar-refractivity contribution in [3.63, 3.8) is 0 Å². The third kappa shape index (κ3) is 3.41. The van der Waals surface area contributed by atoms with E-state index in [0.717, 1.165) is 6.07 Å². The molecule has 0 amide bonds. The van der Waals surface area contributed by atoms with Crippen LogP contribution in [0.5, 0.6) is 5.75 Å². The van der Waals surface area contributed by atoms with Crippen LogP contribution in [0.15, 0.2) is 18.2 Å². The van der Waals surface area contributed by atoms with Gasteiger partial charge in [-0.3, -0.25) is 4.79 Å². The van der Waals surface area contributed by atoms with Crippen molar-refractivity contribution in [1.29, 1.82) is 0 Å². The van der Waals surface area contributed by atoms with Crippen LogP contribution in [0, 0.1) is 5.82 Å². The van der Waals surface area contributed by atoms with Crippen LogP contribution in [-0.2, 0) is 9.53 Å². The number of ether oxygens (including phenoxy) is 1. The SMILES string of the molecule is CCOC(=O)CC(O)C(O)c1cccc(F)c1O. The Labute approximate surface area is 103 Å². The molecule has 2 atom stereocenters. The summed E-state index contributed by atoms with van der Waals surface area (Å²) < 4.78 is 17.7. The maximum atomic E-state index is 13.1. The van der Waals surface area contributed by atoms with Crippen molar-refractivity contribution in [2.75, 3.05) is 6.61 Å². The molecule has 3 N–H and O–H groups in total. The van der Waals surface area contributed by atoms with Crippen LogP contribution in [0.3, 0.4) is 0 Å². The lowest BCUT2D eigenvalue weighted by molar-refractivity contribution is -0.147. The highest BCUT2D eigenvalue weighted by Gasteiger charge is 2.25. The number of halogens is 1. The first-order chi connectivity index (χ1) is 8.47. The quantitative estimate of drug-likeness (QED) is 0.682. The maximum Gasteiger partial charge on any atom is 0.308 e. The van der Waals surface area contributed by atoms with Crippen LogP contribution in [0.1, 0.15) is 25.0 Å². The molecule has 0 bridgehead atoms. The van der Waals surface area contributed by atoms with Crippen molar-refractivity contribution < 1.29 is 29.2 Å². The molecule has 0 aliphatic rings. The normalized spacial score (nSPS) is 14.0. The van der Waals surface area contributed by atoms with Gasteiger partial charge in [-0.15, -0.1) is 0 Å². The van der Waals surface area contributed by atoms with Gasteiger partial charge in [0.2, 0.25) is 0 Å². The van der Waals surface area contributed by atoms with Crippen LogP contribution >= 0.6 is 0 Å². The average Bonchev–Trinajstić information content (AvgIpc) is 2.32. The lowest BCUT2D eigenvalue weighted by atomic mass is 10.0. The van der Waals surface area contributed by atoms with Crippen molar-refractivity contribution >= 4 is 5.97 Å². The Bertz CT molecular complexity index is 421. The van der Waals surface area contributed by atoms with Gasteiger partial charge in [0, 0.05) is 5.56 Å². The summed E-state index contributed by atoms with van der Waals surface area (Å²) in [5.74, 6) is -2.33. The molecule has 0 fully saturated rings. The summed E-state index contributed by atoms with van der Waals surface area (Å²) in [6, 6.07) is 3.56. The van der Waals surface area contributed by atoms with E-state index in [4.69, 9.17) is 0 Å². The van der Waals surface area contributed by atoms with Crippen molar-refractivity contribution in [2.45, 2.75) is 25.6 Å². The number of hydrogen-bond donors (Lipinski definition) is 3. The minimum Gasteiger partial charge on any atom is -0.505 e. The first kappa shape index (κ1) is 14.4. The summed E-state index contributed by atoms with van der Waals surface area (Å²) in [7, 11) is 0. The predicted octanol–water partition coefficient (Wildman–Crippen LogP) is 0.879. The highest BCUT2D eigenvalue weighted by Crippen LogP contribution is 2.29. The standard InChI is InChI=1S/C12H15FO5/c1-2-18-10(15)6-9(14)12(17)7-4-3-5-8(13)11(7)16/h3-5,9,12,14,16-17H,2,6H2,1H3. The van der Waals surface area contributed by atoms with E-state index >= 15 is 0 Å². The summed E-state index contributed by atoms with van der Waals surface area (Å²) in [6.07, 6.45) is -3.48. The average molecular weight is 258 g/mol. The van der Waals surface area contributed by atoms with E-state index in [1.165, 1.54) is 12.1 Å². The molecule has 1 aromatic rings. The van der Waals surface area contributed by atoms with Gasteiger partial charge in [-0.2, -0.15) is 0 Å². The minimum absolute atomic E-state index is 0.160. The summed E-state index contributed by atoms with van der Waals surface area (Å²) in [5, 5.41) is 28.7. The molecule has 18 heavy (non-hydrogen) atoms. The monoisotopic (exact) mass is 258 g/mol. The van der Waals surface area contributed by atoms with Crippen LogP contribution in [0.25, 0.3) is 0 Å². The summed E-state index contributed by atoms with van der Waals surface area (Å²) in [4.78, 5) is 11.1. The first-order valence-corrected chi connectivity index (χ1v) is 5.46. The molecule has 0 aliphatic carbocycles. The molecule has 1 aromatic carbocycles. The molecule has 0 saturated heterocycles. The largest absolute Gasteiger partial charge is 0.505 e. The van der Waals surface area contributed by atoms with Gasteiger partial charge >= 0.3 is 5.97 Å². The second-order valence-corrected chi connectivity index (χ2v) is 3.70. The lowest BCUT2D eigenvalue weighted by Crippen LogP contribution is -2.23. The zero-order valence-corrected chi connectivity index (χ0v) is 9.84. The number of phenols is 1. The number of carbonyl (C=O) groups excluding carboxylic acids is 1. The molecule has 100 valence electrons. The number of aliphatic hydroxyl groups excluding tert-OH is 2. The van der Waals surface area contributed by atoms with Gasteiger partial charge in [0.25, 0.3) is 0 Å². The Morgan fingerprint density at radius 3 is 2.72 bits per heavy atom. The van der Waals surface area contributed by atoms with Gasteiger partial charge in [0.1, 0.15) is 6.10 Å². The Morgan fingerprint density at radius 2 is 2.11 bits per heavy atom. The molecule has 0 radical (unpaired) electrons. The number of esters is 1. The molecule has 0 heterocycles. The number of para-hydroxylation sites is 1. The second kappa shape index (κ2) is 6.32. The van der Waals surface area contributed by atoms with Crippen LogP contribution in [0.2, 0.25) is 0 Å². The number of aromatic hydroxyl groups is 1. The first-order valence-electron chi connectivity index (χ1n) is 5.46. The Morgan fingerprint density at radius 1 is 1.44 bits per heavy atom. The Balaban J connectivity index is 2.77. The lowest BCUT2D eigenvalue weighted by Gasteiger charge is -2.18. The number of phenolic OH excluding ortho intramolecular Hbond substituents is 1. The fourth-order valence-corrected chi connectivity index (χ4v) is 1.48. The zero-order chi connectivity index (χ0) is 13.7. The molecular weight excluding hydrogens is 243 g/mol. The fraction of sp³-hybridized carbons (Fsp3) is 0.417. The molecule has 5 nitrogen and oxygen atoms in total. The van der Waals surface area contributed by atoms with Crippen molar-refractivity contribution in [3.05, 3.63) is 29.6 Å². The second-order valence-electron chi connectivity index (χ2n) is 3.70. The van der Waals surface area contributed by atoms with Gasteiger partial charge in [-0.05, 0) is 13.0 Å². The topological polar surface area (TPSA) is 87.0 Å². The third-order valence-electron chi connectivity index (χ3n) is 2.38. The maximum absolute atomic E-state index is 13.1. The highest BCUT2D eigenvalue weighted by molar-refractivity contribution is 5.70. The molecule has 0 spiro atoms. The van der Waals surface area contributed by atoms with Crippen molar-refractivity contribution in [3.8, 4) is 5.75 Å². The van der Waals surface area contributed by atoms with Gasteiger partial charge in [0.05, 0.1) is 19.1 Å². The zero-order valence-electron chi connectivity index (χ0n) is 9.84. The highest BCUT2D eigenvalue weighted by atomic mass is 19.1. The van der Waals surface area contributed by atoms with Gasteiger partial charge in [-0.25, -0.2) is 4.39 Å². The third-order valence-corrected chi connectivity index (χ3v) is 2.38. The molecule has 0 aromatic heterocycles.